The number of carbonyl (C=O) groups is 1. The van der Waals surface area contributed by atoms with Crippen molar-refractivity contribution in [2.45, 2.75) is 31.0 Å². The molecule has 0 aliphatic heterocycles. The van der Waals surface area contributed by atoms with Gasteiger partial charge in [0.1, 0.15) is 0 Å². The zero-order valence-corrected chi connectivity index (χ0v) is 14.2. The van der Waals surface area contributed by atoms with Crippen molar-refractivity contribution in [2.24, 2.45) is 0 Å². The molecule has 0 aliphatic carbocycles. The number of amides is 1. The van der Waals surface area contributed by atoms with Crippen LogP contribution in [0.2, 0.25) is 0 Å². The second-order valence-electron chi connectivity index (χ2n) is 5.04. The van der Waals surface area contributed by atoms with Gasteiger partial charge in [-0.05, 0) is 32.0 Å². The topological polar surface area (TPSA) is 85.8 Å². The summed E-state index contributed by atoms with van der Waals surface area (Å²) in [4.78, 5) is 13.3. The molecule has 1 N–H and O–H groups in total. The van der Waals surface area contributed by atoms with Gasteiger partial charge in [0.25, 0.3) is 5.91 Å². The molecule has 0 fully saturated rings. The third-order valence-electron chi connectivity index (χ3n) is 3.31. The zero-order valence-electron chi connectivity index (χ0n) is 13.4. The van der Waals surface area contributed by atoms with Gasteiger partial charge < -0.3 is 4.42 Å². The lowest BCUT2D eigenvalue weighted by Gasteiger charge is -1.98. The van der Waals surface area contributed by atoms with Gasteiger partial charge in [0.05, 0.1) is 5.75 Å². The van der Waals surface area contributed by atoms with Gasteiger partial charge in [0.2, 0.25) is 5.89 Å². The van der Waals surface area contributed by atoms with E-state index in [-0.39, 0.29) is 11.9 Å². The second kappa shape index (κ2) is 7.31. The van der Waals surface area contributed by atoms with Crippen molar-refractivity contribution in [1.29, 1.82) is 0 Å². The number of carbonyl (C=O) groups excluding carboxylic acids is 1. The average Bonchev–Trinajstić information content (AvgIpc) is 3.20. The Morgan fingerprint density at radius 2 is 2.08 bits per heavy atom. The van der Waals surface area contributed by atoms with Crippen LogP contribution in [0.1, 0.15) is 29.0 Å². The standard InChI is InChI=1S/C16H17N5O2S/c1-3-21-11(2)9-13(20-21)15(22)17-16-19-18-14(23-16)10-24-12-7-5-4-6-8-12/h4-9H,3,10H2,1-2H3,(H,17,19,22). The van der Waals surface area contributed by atoms with E-state index in [4.69, 9.17) is 4.42 Å². The minimum atomic E-state index is -0.365. The first-order chi connectivity index (χ1) is 11.7. The van der Waals surface area contributed by atoms with Crippen molar-refractivity contribution in [3.05, 3.63) is 53.7 Å². The van der Waals surface area contributed by atoms with Crippen LogP contribution in [0.3, 0.4) is 0 Å². The van der Waals surface area contributed by atoms with Gasteiger partial charge in [0, 0.05) is 17.1 Å². The molecule has 0 bridgehead atoms. The van der Waals surface area contributed by atoms with Gasteiger partial charge in [0.15, 0.2) is 5.69 Å². The summed E-state index contributed by atoms with van der Waals surface area (Å²) in [5.74, 6) is 0.627. The number of nitrogens with one attached hydrogen (secondary N) is 1. The fourth-order valence-corrected chi connectivity index (χ4v) is 2.88. The highest BCUT2D eigenvalue weighted by atomic mass is 32.2. The maximum absolute atomic E-state index is 12.2. The van der Waals surface area contributed by atoms with Crippen molar-refractivity contribution in [1.82, 2.24) is 20.0 Å². The fourth-order valence-electron chi connectivity index (χ4n) is 2.13. The van der Waals surface area contributed by atoms with E-state index in [1.165, 1.54) is 0 Å². The van der Waals surface area contributed by atoms with E-state index in [1.807, 2.05) is 44.2 Å². The lowest BCUT2D eigenvalue weighted by Crippen LogP contribution is -2.13. The molecule has 0 saturated carbocycles. The number of nitrogens with zero attached hydrogens (tertiary/aromatic N) is 4. The van der Waals surface area contributed by atoms with Crippen molar-refractivity contribution in [3.63, 3.8) is 0 Å². The van der Waals surface area contributed by atoms with Crippen molar-refractivity contribution in [3.8, 4) is 0 Å². The summed E-state index contributed by atoms with van der Waals surface area (Å²) in [5, 5.41) is 14.6. The summed E-state index contributed by atoms with van der Waals surface area (Å²) in [5.41, 5.74) is 1.25. The van der Waals surface area contributed by atoms with Crippen molar-refractivity contribution in [2.75, 3.05) is 5.32 Å². The molecule has 0 saturated heterocycles. The Labute approximate surface area is 143 Å². The van der Waals surface area contributed by atoms with E-state index in [1.54, 1.807) is 22.5 Å². The molecule has 124 valence electrons. The Balaban J connectivity index is 1.60. The number of aromatic nitrogens is 4. The summed E-state index contributed by atoms with van der Waals surface area (Å²) in [6, 6.07) is 11.7. The van der Waals surface area contributed by atoms with Gasteiger partial charge in [-0.1, -0.05) is 23.3 Å². The smallest absolute Gasteiger partial charge is 0.322 e. The van der Waals surface area contributed by atoms with Crippen LogP contribution in [-0.2, 0) is 12.3 Å². The van der Waals surface area contributed by atoms with Crippen LogP contribution in [0, 0.1) is 6.92 Å². The predicted molar refractivity (Wildman–Crippen MR) is 90.9 cm³/mol. The molecular weight excluding hydrogens is 326 g/mol. The van der Waals surface area contributed by atoms with E-state index in [2.05, 4.69) is 20.6 Å². The Hall–Kier alpha value is -2.61. The van der Waals surface area contributed by atoms with Crippen LogP contribution in [0.5, 0.6) is 0 Å². The van der Waals surface area contributed by atoms with Gasteiger partial charge in [-0.2, -0.15) is 5.10 Å². The summed E-state index contributed by atoms with van der Waals surface area (Å²) >= 11 is 1.59. The molecule has 24 heavy (non-hydrogen) atoms. The molecule has 2 aromatic heterocycles. The number of anilines is 1. The summed E-state index contributed by atoms with van der Waals surface area (Å²) < 4.78 is 7.21. The molecule has 3 aromatic rings. The molecule has 7 nitrogen and oxygen atoms in total. The molecule has 3 rings (SSSR count). The van der Waals surface area contributed by atoms with Gasteiger partial charge in [-0.15, -0.1) is 16.9 Å². The SMILES string of the molecule is CCn1nc(C(=O)Nc2nnc(CSc3ccccc3)o2)cc1C. The molecule has 2 heterocycles. The molecule has 0 radical (unpaired) electrons. The molecule has 0 aliphatic rings. The maximum Gasteiger partial charge on any atom is 0.322 e. The Kier molecular flexibility index (Phi) is 4.95. The third kappa shape index (κ3) is 3.83. The van der Waals surface area contributed by atoms with Crippen LogP contribution in [0.25, 0.3) is 0 Å². The fraction of sp³-hybridized carbons (Fsp3) is 0.250. The first-order valence-corrected chi connectivity index (χ1v) is 8.50. The molecule has 8 heteroatoms. The lowest BCUT2D eigenvalue weighted by atomic mass is 10.3. The number of hydrogen-bond acceptors (Lipinski definition) is 6. The zero-order chi connectivity index (χ0) is 16.9. The largest absolute Gasteiger partial charge is 0.407 e. The van der Waals surface area contributed by atoms with E-state index in [0.717, 1.165) is 10.6 Å². The summed E-state index contributed by atoms with van der Waals surface area (Å²) in [6.07, 6.45) is 0. The first kappa shape index (κ1) is 16.3. The minimum absolute atomic E-state index is 0.0763. The lowest BCUT2D eigenvalue weighted by molar-refractivity contribution is 0.101. The maximum atomic E-state index is 12.2. The third-order valence-corrected chi connectivity index (χ3v) is 4.30. The van der Waals surface area contributed by atoms with Crippen LogP contribution in [0.4, 0.5) is 6.01 Å². The van der Waals surface area contributed by atoms with Crippen molar-refractivity contribution >= 4 is 23.7 Å². The molecule has 1 amide bonds. The number of aryl methyl sites for hydroxylation is 2. The number of benzene rings is 1. The highest BCUT2D eigenvalue weighted by molar-refractivity contribution is 7.98. The molecule has 0 unspecified atom stereocenters. The van der Waals surface area contributed by atoms with E-state index >= 15 is 0 Å². The predicted octanol–water partition coefficient (Wildman–Crippen LogP) is 3.14. The Morgan fingerprint density at radius 1 is 1.29 bits per heavy atom. The highest BCUT2D eigenvalue weighted by Gasteiger charge is 2.15. The van der Waals surface area contributed by atoms with E-state index in [0.29, 0.717) is 23.9 Å². The second-order valence-corrected chi connectivity index (χ2v) is 6.09. The quantitative estimate of drug-likeness (QED) is 0.692. The Morgan fingerprint density at radius 3 is 2.79 bits per heavy atom. The number of thioether (sulfide) groups is 1. The van der Waals surface area contributed by atoms with Crippen molar-refractivity contribution < 1.29 is 9.21 Å². The number of rotatable bonds is 6. The summed E-state index contributed by atoms with van der Waals surface area (Å²) in [6.45, 7) is 4.58. The number of hydrogen-bond donors (Lipinski definition) is 1. The molecule has 0 spiro atoms. The van der Waals surface area contributed by atoms with Crippen LogP contribution < -0.4 is 5.32 Å². The van der Waals surface area contributed by atoms with Crippen LogP contribution in [-0.4, -0.2) is 25.9 Å². The minimum Gasteiger partial charge on any atom is -0.407 e. The molecular formula is C16H17N5O2S. The van der Waals surface area contributed by atoms with E-state index < -0.39 is 0 Å². The monoisotopic (exact) mass is 343 g/mol. The highest BCUT2D eigenvalue weighted by Crippen LogP contribution is 2.22. The van der Waals surface area contributed by atoms with E-state index in [9.17, 15) is 4.79 Å². The van der Waals surface area contributed by atoms with Gasteiger partial charge in [-0.25, -0.2) is 0 Å². The van der Waals surface area contributed by atoms with Crippen LogP contribution in [0.15, 0.2) is 45.7 Å². The Bertz CT molecular complexity index is 828. The average molecular weight is 343 g/mol. The van der Waals surface area contributed by atoms with Gasteiger partial charge >= 0.3 is 6.01 Å². The van der Waals surface area contributed by atoms with Crippen LogP contribution >= 0.6 is 11.8 Å². The summed E-state index contributed by atoms with van der Waals surface area (Å²) in [7, 11) is 0. The first-order valence-electron chi connectivity index (χ1n) is 7.51. The molecule has 1 aromatic carbocycles. The normalized spacial score (nSPS) is 10.8. The molecule has 0 atom stereocenters. The van der Waals surface area contributed by atoms with Gasteiger partial charge in [-0.3, -0.25) is 14.8 Å².